The number of carbonyl (C=O) groups excluding carboxylic acids is 3. The topological polar surface area (TPSA) is 72.5 Å². The second kappa shape index (κ2) is 7.69. The Morgan fingerprint density at radius 3 is 2.26 bits per heavy atom. The maximum absolute atomic E-state index is 12.0. The molecule has 0 aliphatic rings. The Morgan fingerprint density at radius 1 is 1.09 bits per heavy atom. The maximum Gasteiger partial charge on any atom is 0.338 e. The third-order valence-corrected chi connectivity index (χ3v) is 3.58. The van der Waals surface area contributed by atoms with E-state index in [1.54, 1.807) is 24.3 Å². The molecule has 2 aromatic carbocycles. The lowest BCUT2D eigenvalue weighted by molar-refractivity contribution is -0.123. The number of hydrogen-bond donors (Lipinski definition) is 1. The molecule has 0 saturated carbocycles. The summed E-state index contributed by atoms with van der Waals surface area (Å²) in [6, 6.07) is 13.0. The van der Waals surface area contributed by atoms with Crippen LogP contribution in [0.3, 0.4) is 0 Å². The van der Waals surface area contributed by atoms with Gasteiger partial charge in [-0.25, -0.2) is 4.79 Å². The van der Waals surface area contributed by atoms with E-state index >= 15 is 0 Å². The highest BCUT2D eigenvalue weighted by molar-refractivity contribution is 9.10. The fourth-order valence-electron chi connectivity index (χ4n) is 1.76. The highest BCUT2D eigenvalue weighted by Crippen LogP contribution is 2.15. The monoisotopic (exact) mass is 375 g/mol. The molecule has 2 rings (SSSR count). The molecule has 2 aromatic rings. The van der Waals surface area contributed by atoms with E-state index < -0.39 is 18.0 Å². The number of esters is 1. The van der Waals surface area contributed by atoms with E-state index in [0.717, 1.165) is 4.47 Å². The number of ether oxygens (including phenoxy) is 1. The first-order valence-corrected chi connectivity index (χ1v) is 7.61. The van der Waals surface area contributed by atoms with Gasteiger partial charge in [0.15, 0.2) is 6.10 Å². The van der Waals surface area contributed by atoms with Crippen molar-refractivity contribution in [3.63, 3.8) is 0 Å². The van der Waals surface area contributed by atoms with Gasteiger partial charge < -0.3 is 10.1 Å². The van der Waals surface area contributed by atoms with Crippen LogP contribution in [0, 0.1) is 0 Å². The number of anilines is 1. The lowest BCUT2D eigenvalue weighted by atomic mass is 10.1. The predicted octanol–water partition coefficient (Wildman–Crippen LogP) is 3.45. The van der Waals surface area contributed by atoms with E-state index in [1.165, 1.54) is 31.2 Å². The number of rotatable bonds is 5. The summed E-state index contributed by atoms with van der Waals surface area (Å²) in [5, 5.41) is 2.66. The molecule has 5 nitrogen and oxygen atoms in total. The fourth-order valence-corrected chi connectivity index (χ4v) is 2.02. The van der Waals surface area contributed by atoms with E-state index in [-0.39, 0.29) is 5.56 Å². The van der Waals surface area contributed by atoms with E-state index in [0.29, 0.717) is 17.5 Å². The SMILES string of the molecule is C[C@@H](OC(=O)c1ccc(C=O)cc1)C(=O)Nc1ccc(Br)cc1. The lowest BCUT2D eigenvalue weighted by Crippen LogP contribution is -2.30. The summed E-state index contributed by atoms with van der Waals surface area (Å²) >= 11 is 3.31. The minimum absolute atomic E-state index is 0.277. The number of carbonyl (C=O) groups is 3. The Bertz CT molecular complexity index is 710. The van der Waals surface area contributed by atoms with Crippen LogP contribution in [0.4, 0.5) is 5.69 Å². The Kier molecular flexibility index (Phi) is 5.65. The first-order chi connectivity index (χ1) is 11.0. The van der Waals surface area contributed by atoms with Crippen LogP contribution in [0.5, 0.6) is 0 Å². The van der Waals surface area contributed by atoms with Gasteiger partial charge in [0.25, 0.3) is 5.91 Å². The first kappa shape index (κ1) is 16.9. The smallest absolute Gasteiger partial charge is 0.338 e. The molecule has 0 bridgehead atoms. The second-order valence-corrected chi connectivity index (χ2v) is 5.70. The van der Waals surface area contributed by atoms with Gasteiger partial charge in [0.1, 0.15) is 6.29 Å². The maximum atomic E-state index is 12.0. The zero-order valence-corrected chi connectivity index (χ0v) is 13.9. The van der Waals surface area contributed by atoms with Crippen LogP contribution in [-0.4, -0.2) is 24.3 Å². The van der Waals surface area contributed by atoms with Crippen molar-refractivity contribution in [2.75, 3.05) is 5.32 Å². The van der Waals surface area contributed by atoms with Crippen LogP contribution >= 0.6 is 15.9 Å². The van der Waals surface area contributed by atoms with Crippen LogP contribution in [0.2, 0.25) is 0 Å². The lowest BCUT2D eigenvalue weighted by Gasteiger charge is -2.13. The Balaban J connectivity index is 1.95. The zero-order chi connectivity index (χ0) is 16.8. The average Bonchev–Trinajstić information content (AvgIpc) is 2.56. The average molecular weight is 376 g/mol. The van der Waals surface area contributed by atoms with Crippen molar-refractivity contribution in [3.8, 4) is 0 Å². The summed E-state index contributed by atoms with van der Waals surface area (Å²) in [7, 11) is 0. The molecular formula is C17H14BrNO4. The largest absolute Gasteiger partial charge is 0.449 e. The van der Waals surface area contributed by atoms with Crippen LogP contribution in [0.15, 0.2) is 53.0 Å². The van der Waals surface area contributed by atoms with Gasteiger partial charge in [-0.3, -0.25) is 9.59 Å². The molecule has 0 unspecified atom stereocenters. The fraction of sp³-hybridized carbons (Fsp3) is 0.118. The molecule has 0 saturated heterocycles. The van der Waals surface area contributed by atoms with E-state index in [9.17, 15) is 14.4 Å². The van der Waals surface area contributed by atoms with Gasteiger partial charge in [-0.2, -0.15) is 0 Å². The van der Waals surface area contributed by atoms with Crippen LogP contribution < -0.4 is 5.32 Å². The molecular weight excluding hydrogens is 362 g/mol. The van der Waals surface area contributed by atoms with Gasteiger partial charge in [-0.15, -0.1) is 0 Å². The molecule has 0 fully saturated rings. The number of nitrogens with one attached hydrogen (secondary N) is 1. The van der Waals surface area contributed by atoms with E-state index in [4.69, 9.17) is 4.74 Å². The summed E-state index contributed by atoms with van der Waals surface area (Å²) in [5.41, 5.74) is 1.35. The van der Waals surface area contributed by atoms with Gasteiger partial charge in [0.05, 0.1) is 5.56 Å². The van der Waals surface area contributed by atoms with Crippen LogP contribution in [-0.2, 0) is 9.53 Å². The highest BCUT2D eigenvalue weighted by Gasteiger charge is 2.19. The van der Waals surface area contributed by atoms with Crippen molar-refractivity contribution in [3.05, 3.63) is 64.1 Å². The molecule has 23 heavy (non-hydrogen) atoms. The highest BCUT2D eigenvalue weighted by atomic mass is 79.9. The number of benzene rings is 2. The summed E-state index contributed by atoms with van der Waals surface area (Å²) in [6.45, 7) is 1.49. The number of halogens is 1. The third-order valence-electron chi connectivity index (χ3n) is 3.05. The van der Waals surface area contributed by atoms with Gasteiger partial charge in [0.2, 0.25) is 0 Å². The summed E-state index contributed by atoms with van der Waals surface area (Å²) in [5.74, 6) is -1.05. The van der Waals surface area contributed by atoms with Gasteiger partial charge in [-0.1, -0.05) is 28.1 Å². The molecule has 0 aromatic heterocycles. The van der Waals surface area contributed by atoms with Crippen LogP contribution in [0.1, 0.15) is 27.6 Å². The second-order valence-electron chi connectivity index (χ2n) is 4.78. The minimum Gasteiger partial charge on any atom is -0.449 e. The van der Waals surface area contributed by atoms with Crippen molar-refractivity contribution in [1.29, 1.82) is 0 Å². The molecule has 1 amide bonds. The standard InChI is InChI=1S/C17H14BrNO4/c1-11(16(21)19-15-8-6-14(18)7-9-15)23-17(22)13-4-2-12(10-20)3-5-13/h2-11H,1H3,(H,19,21)/t11-/m1/s1. The molecule has 6 heteroatoms. The normalized spacial score (nSPS) is 11.4. The van der Waals surface area contributed by atoms with E-state index in [1.807, 2.05) is 0 Å². The Morgan fingerprint density at radius 2 is 1.70 bits per heavy atom. The van der Waals surface area contributed by atoms with Crippen LogP contribution in [0.25, 0.3) is 0 Å². The van der Waals surface area contributed by atoms with Crippen molar-refractivity contribution < 1.29 is 19.1 Å². The third kappa shape index (κ3) is 4.75. The Labute approximate surface area is 141 Å². The molecule has 0 radical (unpaired) electrons. The Hall–Kier alpha value is -2.47. The van der Waals surface area contributed by atoms with Crippen molar-refractivity contribution >= 4 is 39.8 Å². The molecule has 0 aliphatic heterocycles. The van der Waals surface area contributed by atoms with E-state index in [2.05, 4.69) is 21.2 Å². The molecule has 0 heterocycles. The van der Waals surface area contributed by atoms with Crippen molar-refractivity contribution in [2.24, 2.45) is 0 Å². The quantitative estimate of drug-likeness (QED) is 0.641. The first-order valence-electron chi connectivity index (χ1n) is 6.82. The number of aldehydes is 1. The molecule has 0 spiro atoms. The van der Waals surface area contributed by atoms with Crippen molar-refractivity contribution in [1.82, 2.24) is 0 Å². The molecule has 1 N–H and O–H groups in total. The predicted molar refractivity (Wildman–Crippen MR) is 89.5 cm³/mol. The number of amides is 1. The summed E-state index contributed by atoms with van der Waals surface area (Å²) < 4.78 is 6.02. The minimum atomic E-state index is -0.947. The molecule has 0 aliphatic carbocycles. The van der Waals surface area contributed by atoms with Gasteiger partial charge in [0, 0.05) is 15.7 Å². The summed E-state index contributed by atoms with van der Waals surface area (Å²) in [6.07, 6.45) is -0.263. The summed E-state index contributed by atoms with van der Waals surface area (Å²) in [4.78, 5) is 34.6. The van der Waals surface area contributed by atoms with Crippen molar-refractivity contribution in [2.45, 2.75) is 13.0 Å². The molecule has 118 valence electrons. The van der Waals surface area contributed by atoms with Gasteiger partial charge in [-0.05, 0) is 43.3 Å². The molecule has 1 atom stereocenters. The zero-order valence-electron chi connectivity index (χ0n) is 12.3. The van der Waals surface area contributed by atoms with Gasteiger partial charge >= 0.3 is 5.97 Å². The number of hydrogen-bond acceptors (Lipinski definition) is 4.